The molecule has 1 aromatic rings. The van der Waals surface area contributed by atoms with Gasteiger partial charge in [-0.25, -0.2) is 8.78 Å². The van der Waals surface area contributed by atoms with Crippen LogP contribution < -0.4 is 5.73 Å². The number of likely N-dealkylation sites (tertiary alicyclic amines) is 1. The van der Waals surface area contributed by atoms with E-state index >= 15 is 0 Å². The molecule has 2 rings (SSSR count). The van der Waals surface area contributed by atoms with E-state index in [0.29, 0.717) is 12.1 Å². The lowest BCUT2D eigenvalue weighted by Crippen LogP contribution is -2.44. The zero-order chi connectivity index (χ0) is 14.0. The average Bonchev–Trinajstić information content (AvgIpc) is 2.37. The summed E-state index contributed by atoms with van der Waals surface area (Å²) in [5.41, 5.74) is 5.73. The standard InChI is InChI=1S/C14H19F2N3/c1-14(13(17)18)5-7-19(8-6-14)9-10-3-2-4-11(15)12(10)16/h2-4H,5-9H2,1H3,(H3,17,18). The van der Waals surface area contributed by atoms with Crippen molar-refractivity contribution in [1.82, 2.24) is 4.90 Å². The Hall–Kier alpha value is -1.49. The molecule has 0 bridgehead atoms. The maximum absolute atomic E-state index is 13.6. The fourth-order valence-corrected chi connectivity index (χ4v) is 2.39. The number of piperidine rings is 1. The second kappa shape index (κ2) is 5.25. The Morgan fingerprint density at radius 3 is 2.58 bits per heavy atom. The van der Waals surface area contributed by atoms with Crippen molar-refractivity contribution >= 4 is 5.84 Å². The van der Waals surface area contributed by atoms with Crippen LogP contribution in [0.25, 0.3) is 0 Å². The number of nitrogens with zero attached hydrogens (tertiary/aromatic N) is 1. The minimum atomic E-state index is -0.803. The van der Waals surface area contributed by atoms with E-state index in [1.165, 1.54) is 6.07 Å². The highest BCUT2D eigenvalue weighted by Gasteiger charge is 2.32. The number of nitrogens with two attached hydrogens (primary N) is 1. The number of hydrogen-bond donors (Lipinski definition) is 2. The molecule has 1 fully saturated rings. The van der Waals surface area contributed by atoms with Crippen LogP contribution in [0.5, 0.6) is 0 Å². The third kappa shape index (κ3) is 2.92. The van der Waals surface area contributed by atoms with Crippen molar-refractivity contribution in [2.24, 2.45) is 11.1 Å². The SMILES string of the molecule is CC1(C(=N)N)CCN(Cc2cccc(F)c2F)CC1. The molecule has 0 saturated carbocycles. The van der Waals surface area contributed by atoms with Gasteiger partial charge in [-0.15, -0.1) is 0 Å². The molecule has 104 valence electrons. The van der Waals surface area contributed by atoms with Crippen molar-refractivity contribution in [3.8, 4) is 0 Å². The van der Waals surface area contributed by atoms with Crippen molar-refractivity contribution in [2.75, 3.05) is 13.1 Å². The highest BCUT2D eigenvalue weighted by Crippen LogP contribution is 2.31. The molecule has 5 heteroatoms. The zero-order valence-electron chi connectivity index (χ0n) is 11.0. The molecule has 1 aliphatic heterocycles. The van der Waals surface area contributed by atoms with E-state index in [4.69, 9.17) is 11.1 Å². The van der Waals surface area contributed by atoms with Crippen LogP contribution in [-0.4, -0.2) is 23.8 Å². The van der Waals surface area contributed by atoms with Crippen molar-refractivity contribution in [3.63, 3.8) is 0 Å². The molecule has 1 heterocycles. The fourth-order valence-electron chi connectivity index (χ4n) is 2.39. The molecule has 1 saturated heterocycles. The first-order valence-electron chi connectivity index (χ1n) is 6.42. The monoisotopic (exact) mass is 267 g/mol. The molecular formula is C14H19F2N3. The third-order valence-corrected chi connectivity index (χ3v) is 4.04. The Kier molecular flexibility index (Phi) is 3.85. The number of rotatable bonds is 3. The molecule has 0 aromatic heterocycles. The quantitative estimate of drug-likeness (QED) is 0.653. The van der Waals surface area contributed by atoms with E-state index in [0.717, 1.165) is 32.0 Å². The average molecular weight is 267 g/mol. The summed E-state index contributed by atoms with van der Waals surface area (Å²) in [6.45, 7) is 3.87. The molecule has 0 atom stereocenters. The van der Waals surface area contributed by atoms with Crippen LogP contribution in [0.2, 0.25) is 0 Å². The first kappa shape index (κ1) is 13.9. The summed E-state index contributed by atoms with van der Waals surface area (Å²) in [5.74, 6) is -1.35. The molecule has 0 amide bonds. The highest BCUT2D eigenvalue weighted by molar-refractivity contribution is 5.83. The number of hydrogen-bond acceptors (Lipinski definition) is 2. The normalized spacial score (nSPS) is 19.3. The lowest BCUT2D eigenvalue weighted by atomic mass is 9.79. The molecular weight excluding hydrogens is 248 g/mol. The Balaban J connectivity index is 2.00. The van der Waals surface area contributed by atoms with E-state index in [-0.39, 0.29) is 11.3 Å². The second-order valence-electron chi connectivity index (χ2n) is 5.46. The Labute approximate surface area is 111 Å². The first-order chi connectivity index (χ1) is 8.92. The van der Waals surface area contributed by atoms with Gasteiger partial charge in [0.25, 0.3) is 0 Å². The largest absolute Gasteiger partial charge is 0.387 e. The summed E-state index contributed by atoms with van der Waals surface area (Å²) in [4.78, 5) is 2.07. The summed E-state index contributed by atoms with van der Waals surface area (Å²) in [5, 5.41) is 7.58. The first-order valence-corrected chi connectivity index (χ1v) is 6.42. The maximum atomic E-state index is 13.6. The van der Waals surface area contributed by atoms with Gasteiger partial charge < -0.3 is 5.73 Å². The number of amidine groups is 1. The fraction of sp³-hybridized carbons (Fsp3) is 0.500. The van der Waals surface area contributed by atoms with E-state index in [9.17, 15) is 8.78 Å². The molecule has 0 spiro atoms. The van der Waals surface area contributed by atoms with Gasteiger partial charge in [-0.3, -0.25) is 10.3 Å². The van der Waals surface area contributed by atoms with Gasteiger partial charge in [-0.1, -0.05) is 19.1 Å². The van der Waals surface area contributed by atoms with Gasteiger partial charge in [0.1, 0.15) is 0 Å². The molecule has 3 N–H and O–H groups in total. The lowest BCUT2D eigenvalue weighted by Gasteiger charge is -2.38. The summed E-state index contributed by atoms with van der Waals surface area (Å²) in [7, 11) is 0. The minimum absolute atomic E-state index is 0.212. The molecule has 0 unspecified atom stereocenters. The molecule has 19 heavy (non-hydrogen) atoms. The maximum Gasteiger partial charge on any atom is 0.163 e. The second-order valence-corrected chi connectivity index (χ2v) is 5.46. The smallest absolute Gasteiger partial charge is 0.163 e. The topological polar surface area (TPSA) is 53.1 Å². The van der Waals surface area contributed by atoms with Crippen molar-refractivity contribution < 1.29 is 8.78 Å². The van der Waals surface area contributed by atoms with Crippen LogP contribution in [0.15, 0.2) is 18.2 Å². The van der Waals surface area contributed by atoms with Crippen LogP contribution in [0, 0.1) is 22.5 Å². The van der Waals surface area contributed by atoms with Crippen molar-refractivity contribution in [1.29, 1.82) is 5.41 Å². The van der Waals surface area contributed by atoms with E-state index in [2.05, 4.69) is 4.90 Å². The van der Waals surface area contributed by atoms with Gasteiger partial charge in [-0.05, 0) is 32.0 Å². The van der Waals surface area contributed by atoms with Gasteiger partial charge in [-0.2, -0.15) is 0 Å². The van der Waals surface area contributed by atoms with Crippen LogP contribution in [-0.2, 0) is 6.54 Å². The van der Waals surface area contributed by atoms with Crippen LogP contribution in [0.3, 0.4) is 0 Å². The number of benzene rings is 1. The summed E-state index contributed by atoms with van der Waals surface area (Å²) >= 11 is 0. The van der Waals surface area contributed by atoms with Crippen LogP contribution in [0.4, 0.5) is 8.78 Å². The predicted molar refractivity (Wildman–Crippen MR) is 70.9 cm³/mol. The predicted octanol–water partition coefficient (Wildman–Crippen LogP) is 2.50. The zero-order valence-corrected chi connectivity index (χ0v) is 11.0. The third-order valence-electron chi connectivity index (χ3n) is 4.04. The summed E-state index contributed by atoms with van der Waals surface area (Å²) < 4.78 is 26.7. The van der Waals surface area contributed by atoms with E-state index < -0.39 is 11.6 Å². The lowest BCUT2D eigenvalue weighted by molar-refractivity contribution is 0.154. The molecule has 0 radical (unpaired) electrons. The molecule has 1 aliphatic rings. The van der Waals surface area contributed by atoms with E-state index in [1.54, 1.807) is 6.07 Å². The van der Waals surface area contributed by atoms with Gasteiger partial charge >= 0.3 is 0 Å². The van der Waals surface area contributed by atoms with Gasteiger partial charge in [0, 0.05) is 17.5 Å². The van der Waals surface area contributed by atoms with Crippen LogP contribution in [0.1, 0.15) is 25.3 Å². The Bertz CT molecular complexity index is 480. The molecule has 0 aliphatic carbocycles. The van der Waals surface area contributed by atoms with Crippen LogP contribution >= 0.6 is 0 Å². The minimum Gasteiger partial charge on any atom is -0.387 e. The number of halogens is 2. The highest BCUT2D eigenvalue weighted by atomic mass is 19.2. The van der Waals surface area contributed by atoms with Gasteiger partial charge in [0.05, 0.1) is 5.84 Å². The molecule has 3 nitrogen and oxygen atoms in total. The van der Waals surface area contributed by atoms with Crippen molar-refractivity contribution in [2.45, 2.75) is 26.3 Å². The summed E-state index contributed by atoms with van der Waals surface area (Å²) in [6.07, 6.45) is 1.55. The van der Waals surface area contributed by atoms with Gasteiger partial charge in [0.2, 0.25) is 0 Å². The summed E-state index contributed by atoms with van der Waals surface area (Å²) in [6, 6.07) is 4.26. The Morgan fingerprint density at radius 1 is 1.37 bits per heavy atom. The van der Waals surface area contributed by atoms with Crippen molar-refractivity contribution in [3.05, 3.63) is 35.4 Å². The van der Waals surface area contributed by atoms with E-state index in [1.807, 2.05) is 6.92 Å². The number of nitrogens with one attached hydrogen (secondary N) is 1. The molecule has 1 aromatic carbocycles. The van der Waals surface area contributed by atoms with Gasteiger partial charge in [0.15, 0.2) is 11.6 Å². The Morgan fingerprint density at radius 2 is 2.00 bits per heavy atom.